The lowest BCUT2D eigenvalue weighted by Gasteiger charge is -2.10. The van der Waals surface area contributed by atoms with Crippen LogP contribution in [0.2, 0.25) is 0 Å². The van der Waals surface area contributed by atoms with Crippen LogP contribution in [0.15, 0.2) is 78.9 Å². The number of hydrogen-bond acceptors (Lipinski definition) is 4. The minimum Gasteiger partial charge on any atom is -0.497 e. The summed E-state index contributed by atoms with van der Waals surface area (Å²) in [6, 6.07) is 20.8. The standard InChI is InChI=1S/C26H22F3N3O3/c1-34-20-11-12-21(24(14-20)35-2)22-15-23(32(31-22)19-9-4-3-5-10-19)25(33)30-16-17-7-6-8-18(13-17)26(27,28)29/h3-15H,16H2,1-2H3,(H,30,33). The number of carbonyl (C=O) groups excluding carboxylic acids is 1. The predicted molar refractivity (Wildman–Crippen MR) is 125 cm³/mol. The van der Waals surface area contributed by atoms with Crippen LogP contribution in [0.4, 0.5) is 13.2 Å². The molecule has 0 saturated heterocycles. The largest absolute Gasteiger partial charge is 0.497 e. The van der Waals surface area contributed by atoms with E-state index in [1.165, 1.54) is 23.9 Å². The molecule has 6 nitrogen and oxygen atoms in total. The highest BCUT2D eigenvalue weighted by molar-refractivity contribution is 5.94. The van der Waals surface area contributed by atoms with Gasteiger partial charge < -0.3 is 14.8 Å². The Labute approximate surface area is 199 Å². The van der Waals surface area contributed by atoms with Gasteiger partial charge in [-0.15, -0.1) is 0 Å². The SMILES string of the molecule is COc1ccc(-c2cc(C(=O)NCc3cccc(C(F)(F)F)c3)n(-c3ccccc3)n2)c(OC)c1. The van der Waals surface area contributed by atoms with E-state index in [9.17, 15) is 18.0 Å². The van der Waals surface area contributed by atoms with Crippen molar-refractivity contribution in [3.8, 4) is 28.4 Å². The summed E-state index contributed by atoms with van der Waals surface area (Å²) in [5, 5.41) is 7.32. The topological polar surface area (TPSA) is 65.4 Å². The molecule has 180 valence electrons. The van der Waals surface area contributed by atoms with E-state index in [0.717, 1.165) is 12.1 Å². The van der Waals surface area contributed by atoms with Crippen molar-refractivity contribution in [3.63, 3.8) is 0 Å². The second-order valence-electron chi connectivity index (χ2n) is 7.61. The third-order valence-corrected chi connectivity index (χ3v) is 5.33. The van der Waals surface area contributed by atoms with Gasteiger partial charge in [-0.1, -0.05) is 30.3 Å². The Morgan fingerprint density at radius 2 is 1.71 bits per heavy atom. The summed E-state index contributed by atoms with van der Waals surface area (Å²) in [6.45, 7) is -0.0795. The van der Waals surface area contributed by atoms with Crippen LogP contribution in [0.1, 0.15) is 21.6 Å². The van der Waals surface area contributed by atoms with Gasteiger partial charge in [-0.3, -0.25) is 4.79 Å². The number of halogens is 3. The van der Waals surface area contributed by atoms with Crippen molar-refractivity contribution in [2.24, 2.45) is 0 Å². The van der Waals surface area contributed by atoms with Crippen molar-refractivity contribution in [2.45, 2.75) is 12.7 Å². The minimum absolute atomic E-state index is 0.0795. The monoisotopic (exact) mass is 481 g/mol. The number of hydrogen-bond donors (Lipinski definition) is 1. The summed E-state index contributed by atoms with van der Waals surface area (Å²) in [5.41, 5.74) is 1.56. The molecule has 9 heteroatoms. The molecule has 0 unspecified atom stereocenters. The molecule has 1 N–H and O–H groups in total. The van der Waals surface area contributed by atoms with E-state index < -0.39 is 17.6 Å². The normalized spacial score (nSPS) is 11.2. The molecular formula is C26H22F3N3O3. The number of para-hydroxylation sites is 1. The van der Waals surface area contributed by atoms with Gasteiger partial charge in [0.15, 0.2) is 0 Å². The van der Waals surface area contributed by atoms with Gasteiger partial charge in [0.05, 0.1) is 31.2 Å². The van der Waals surface area contributed by atoms with Crippen LogP contribution >= 0.6 is 0 Å². The fourth-order valence-corrected chi connectivity index (χ4v) is 3.58. The molecule has 1 aromatic heterocycles. The predicted octanol–water partition coefficient (Wildman–Crippen LogP) is 5.51. The number of ether oxygens (including phenoxy) is 2. The van der Waals surface area contributed by atoms with E-state index in [1.54, 1.807) is 43.5 Å². The number of carbonyl (C=O) groups is 1. The van der Waals surface area contributed by atoms with Gasteiger partial charge >= 0.3 is 6.18 Å². The molecule has 1 heterocycles. The van der Waals surface area contributed by atoms with Gasteiger partial charge in [-0.25, -0.2) is 4.68 Å². The number of alkyl halides is 3. The number of nitrogens with one attached hydrogen (secondary N) is 1. The maximum absolute atomic E-state index is 13.1. The first-order valence-electron chi connectivity index (χ1n) is 10.6. The second-order valence-corrected chi connectivity index (χ2v) is 7.61. The highest BCUT2D eigenvalue weighted by atomic mass is 19.4. The smallest absolute Gasteiger partial charge is 0.416 e. The maximum atomic E-state index is 13.1. The fraction of sp³-hybridized carbons (Fsp3) is 0.154. The molecule has 0 atom stereocenters. The summed E-state index contributed by atoms with van der Waals surface area (Å²) >= 11 is 0. The molecule has 0 aliphatic heterocycles. The second kappa shape index (κ2) is 9.92. The number of rotatable bonds is 7. The van der Waals surface area contributed by atoms with Crippen LogP contribution in [0.25, 0.3) is 16.9 Å². The zero-order valence-electron chi connectivity index (χ0n) is 19.0. The van der Waals surface area contributed by atoms with Crippen LogP contribution < -0.4 is 14.8 Å². The number of benzene rings is 3. The van der Waals surface area contributed by atoms with Crippen molar-refractivity contribution in [1.82, 2.24) is 15.1 Å². The number of methoxy groups -OCH3 is 2. The van der Waals surface area contributed by atoms with Crippen molar-refractivity contribution in [2.75, 3.05) is 14.2 Å². The molecule has 35 heavy (non-hydrogen) atoms. The Morgan fingerprint density at radius 3 is 2.40 bits per heavy atom. The zero-order chi connectivity index (χ0) is 25.0. The van der Waals surface area contributed by atoms with E-state index in [0.29, 0.717) is 34.0 Å². The molecule has 0 aliphatic rings. The van der Waals surface area contributed by atoms with E-state index in [1.807, 2.05) is 18.2 Å². The Kier molecular flexibility index (Phi) is 6.77. The van der Waals surface area contributed by atoms with Gasteiger partial charge in [0.25, 0.3) is 5.91 Å². The Balaban J connectivity index is 1.68. The first-order chi connectivity index (χ1) is 16.8. The average molecular weight is 481 g/mol. The first kappa shape index (κ1) is 23.9. The number of nitrogens with zero attached hydrogens (tertiary/aromatic N) is 2. The summed E-state index contributed by atoms with van der Waals surface area (Å²) in [7, 11) is 3.07. The molecule has 4 rings (SSSR count). The van der Waals surface area contributed by atoms with Crippen LogP contribution in [0.3, 0.4) is 0 Å². The quantitative estimate of drug-likeness (QED) is 0.378. The lowest BCUT2D eigenvalue weighted by molar-refractivity contribution is -0.137. The van der Waals surface area contributed by atoms with E-state index >= 15 is 0 Å². The van der Waals surface area contributed by atoms with Gasteiger partial charge in [-0.2, -0.15) is 18.3 Å². The molecule has 4 aromatic rings. The third-order valence-electron chi connectivity index (χ3n) is 5.33. The van der Waals surface area contributed by atoms with Gasteiger partial charge in [0, 0.05) is 18.2 Å². The first-order valence-corrected chi connectivity index (χ1v) is 10.6. The Bertz CT molecular complexity index is 1330. The third kappa shape index (κ3) is 5.29. The average Bonchev–Trinajstić information content (AvgIpc) is 3.32. The Hall–Kier alpha value is -4.27. The summed E-state index contributed by atoms with van der Waals surface area (Å²) < 4.78 is 51.3. The molecule has 0 fully saturated rings. The van der Waals surface area contributed by atoms with Gasteiger partial charge in [-0.05, 0) is 48.0 Å². The molecule has 0 saturated carbocycles. The zero-order valence-corrected chi connectivity index (χ0v) is 19.0. The highest BCUT2D eigenvalue weighted by Gasteiger charge is 2.30. The summed E-state index contributed by atoms with van der Waals surface area (Å²) in [6.07, 6.45) is -4.46. The van der Waals surface area contributed by atoms with Gasteiger partial charge in [0.1, 0.15) is 17.2 Å². The molecule has 0 radical (unpaired) electrons. The Morgan fingerprint density at radius 1 is 0.943 bits per heavy atom. The molecule has 0 bridgehead atoms. The highest BCUT2D eigenvalue weighted by Crippen LogP contribution is 2.33. The molecule has 0 spiro atoms. The molecular weight excluding hydrogens is 459 g/mol. The molecule has 3 aromatic carbocycles. The lowest BCUT2D eigenvalue weighted by atomic mass is 10.1. The van der Waals surface area contributed by atoms with Crippen LogP contribution in [-0.4, -0.2) is 29.9 Å². The van der Waals surface area contributed by atoms with Crippen LogP contribution in [-0.2, 0) is 12.7 Å². The molecule has 0 aliphatic carbocycles. The van der Waals surface area contributed by atoms with E-state index in [-0.39, 0.29) is 12.2 Å². The lowest BCUT2D eigenvalue weighted by Crippen LogP contribution is -2.25. The fourth-order valence-electron chi connectivity index (χ4n) is 3.58. The van der Waals surface area contributed by atoms with Crippen molar-refractivity contribution in [3.05, 3.63) is 95.7 Å². The van der Waals surface area contributed by atoms with Crippen molar-refractivity contribution < 1.29 is 27.4 Å². The maximum Gasteiger partial charge on any atom is 0.416 e. The van der Waals surface area contributed by atoms with Crippen molar-refractivity contribution >= 4 is 5.91 Å². The van der Waals surface area contributed by atoms with E-state index in [2.05, 4.69) is 10.4 Å². The number of aromatic nitrogens is 2. The minimum atomic E-state index is -4.46. The van der Waals surface area contributed by atoms with Gasteiger partial charge in [0.2, 0.25) is 0 Å². The summed E-state index contributed by atoms with van der Waals surface area (Å²) in [4.78, 5) is 13.1. The molecule has 1 amide bonds. The van der Waals surface area contributed by atoms with Crippen molar-refractivity contribution in [1.29, 1.82) is 0 Å². The van der Waals surface area contributed by atoms with E-state index in [4.69, 9.17) is 9.47 Å². The van der Waals surface area contributed by atoms with Crippen LogP contribution in [0.5, 0.6) is 11.5 Å². The number of amides is 1. The van der Waals surface area contributed by atoms with Crippen LogP contribution in [0, 0.1) is 0 Å². The summed E-state index contributed by atoms with van der Waals surface area (Å²) in [5.74, 6) is 0.627.